The molecule has 3 fully saturated rings. The number of amides is 3. The van der Waals surface area contributed by atoms with Gasteiger partial charge in [-0.1, -0.05) is 37.1 Å². The Labute approximate surface area is 248 Å². The molecule has 1 saturated carbocycles. The van der Waals surface area contributed by atoms with E-state index in [4.69, 9.17) is 19.2 Å². The molecule has 11 nitrogen and oxygen atoms in total. The van der Waals surface area contributed by atoms with E-state index < -0.39 is 47.6 Å². The van der Waals surface area contributed by atoms with Crippen LogP contribution in [-0.2, 0) is 36.9 Å². The van der Waals surface area contributed by atoms with E-state index in [1.165, 1.54) is 15.9 Å². The van der Waals surface area contributed by atoms with Crippen LogP contribution in [0.1, 0.15) is 69.9 Å². The highest BCUT2D eigenvalue weighted by atomic mass is 19.1. The molecule has 0 unspecified atom stereocenters. The minimum Gasteiger partial charge on any atom is -0.444 e. The first kappa shape index (κ1) is 27.8. The first-order valence-corrected chi connectivity index (χ1v) is 15.1. The van der Waals surface area contributed by atoms with Gasteiger partial charge in [0.2, 0.25) is 11.8 Å². The molecule has 1 aromatic carbocycles. The number of hydrogen-bond donors (Lipinski definition) is 0. The van der Waals surface area contributed by atoms with E-state index in [9.17, 15) is 23.6 Å². The van der Waals surface area contributed by atoms with E-state index in [-0.39, 0.29) is 49.6 Å². The van der Waals surface area contributed by atoms with Gasteiger partial charge in [0, 0.05) is 24.4 Å². The zero-order valence-electron chi connectivity index (χ0n) is 24.3. The number of esters is 1. The molecule has 228 valence electrons. The Morgan fingerprint density at radius 1 is 1.12 bits per heavy atom. The van der Waals surface area contributed by atoms with Crippen LogP contribution in [0.2, 0.25) is 0 Å². The van der Waals surface area contributed by atoms with Crippen molar-refractivity contribution in [3.8, 4) is 0 Å². The van der Waals surface area contributed by atoms with Gasteiger partial charge in [0.1, 0.15) is 24.0 Å². The summed E-state index contributed by atoms with van der Waals surface area (Å²) in [4.78, 5) is 62.4. The SMILES string of the molecule is CC1(C)OC(=O)N1[C@H]1CCCCC/C=C\[C@@H]2C[C@@]23N=C(OC3=O)[C@@H]2C[C@@H](OC(=O)N3Cc4cccc(F)c4C3)CN2C1=O. The van der Waals surface area contributed by atoms with Crippen LogP contribution in [0.4, 0.5) is 14.0 Å². The summed E-state index contributed by atoms with van der Waals surface area (Å²) < 4.78 is 31.2. The van der Waals surface area contributed by atoms with Crippen molar-refractivity contribution in [3.63, 3.8) is 0 Å². The van der Waals surface area contributed by atoms with E-state index in [1.54, 1.807) is 30.9 Å². The van der Waals surface area contributed by atoms with Crippen LogP contribution in [-0.4, -0.2) is 80.7 Å². The molecule has 2 saturated heterocycles. The summed E-state index contributed by atoms with van der Waals surface area (Å²) in [5.74, 6) is -1.04. The second-order valence-electron chi connectivity index (χ2n) is 12.8. The molecule has 5 aliphatic heterocycles. The number of cyclic esters (lactones) is 1. The summed E-state index contributed by atoms with van der Waals surface area (Å²) in [5.41, 5.74) is -0.731. The van der Waals surface area contributed by atoms with Crippen LogP contribution >= 0.6 is 0 Å². The maximum Gasteiger partial charge on any atom is 0.415 e. The highest BCUT2D eigenvalue weighted by molar-refractivity contribution is 6.06. The number of benzene rings is 1. The Balaban J connectivity index is 1.16. The largest absolute Gasteiger partial charge is 0.444 e. The van der Waals surface area contributed by atoms with Gasteiger partial charge in [-0.05, 0) is 51.2 Å². The van der Waals surface area contributed by atoms with Gasteiger partial charge in [-0.3, -0.25) is 14.6 Å². The van der Waals surface area contributed by atoms with Crippen LogP contribution in [0.5, 0.6) is 0 Å². The fourth-order valence-electron chi connectivity index (χ4n) is 7.13. The van der Waals surface area contributed by atoms with Gasteiger partial charge in [0.15, 0.2) is 11.3 Å². The van der Waals surface area contributed by atoms with Crippen LogP contribution in [0.25, 0.3) is 0 Å². The van der Waals surface area contributed by atoms with Gasteiger partial charge in [0.05, 0.1) is 13.1 Å². The first-order chi connectivity index (χ1) is 20.6. The van der Waals surface area contributed by atoms with E-state index in [1.807, 2.05) is 6.08 Å². The van der Waals surface area contributed by atoms with Crippen molar-refractivity contribution in [1.29, 1.82) is 0 Å². The second kappa shape index (κ2) is 10.1. The summed E-state index contributed by atoms with van der Waals surface area (Å²) in [5, 5.41) is 0. The lowest BCUT2D eigenvalue weighted by Gasteiger charge is -2.50. The van der Waals surface area contributed by atoms with E-state index in [2.05, 4.69) is 6.08 Å². The van der Waals surface area contributed by atoms with Crippen molar-refractivity contribution in [2.75, 3.05) is 6.54 Å². The molecule has 6 aliphatic rings. The standard InChI is InChI=1S/C31H35FN4O7/c1-30(2)36(29(40)43-30)23-12-7-5-3-4-6-10-19-14-31(19)27(38)42-25(33-31)24-13-20(16-35(24)26(23)37)41-28(39)34-15-18-9-8-11-22(32)21(18)17-34/h6,8-11,19-20,23-24H,3-5,7,12-17H2,1-2H3/b10-6-/t19-,20-,23+,24+,31-/m1/s1. The van der Waals surface area contributed by atoms with Crippen LogP contribution in [0.3, 0.4) is 0 Å². The number of nitrogens with zero attached hydrogens (tertiary/aromatic N) is 4. The maximum absolute atomic E-state index is 14.3. The summed E-state index contributed by atoms with van der Waals surface area (Å²) in [7, 11) is 0. The van der Waals surface area contributed by atoms with Crippen LogP contribution in [0, 0.1) is 11.7 Å². The van der Waals surface area contributed by atoms with Gasteiger partial charge < -0.3 is 19.1 Å². The molecular weight excluding hydrogens is 559 g/mol. The zero-order chi connectivity index (χ0) is 30.1. The Kier molecular flexibility index (Phi) is 6.51. The molecule has 0 radical (unpaired) electrons. The molecule has 5 atom stereocenters. The summed E-state index contributed by atoms with van der Waals surface area (Å²) in [6, 6.07) is 3.20. The number of carbonyl (C=O) groups is 4. The average molecular weight is 595 g/mol. The fourth-order valence-corrected chi connectivity index (χ4v) is 7.13. The van der Waals surface area contributed by atoms with Crippen molar-refractivity contribution in [2.24, 2.45) is 10.9 Å². The Morgan fingerprint density at radius 3 is 2.72 bits per heavy atom. The molecule has 0 aromatic heterocycles. The van der Waals surface area contributed by atoms with Crippen molar-refractivity contribution >= 4 is 30.0 Å². The molecule has 12 heteroatoms. The predicted molar refractivity (Wildman–Crippen MR) is 149 cm³/mol. The van der Waals surface area contributed by atoms with E-state index >= 15 is 0 Å². The molecule has 0 N–H and O–H groups in total. The zero-order valence-corrected chi connectivity index (χ0v) is 24.3. The minimum absolute atomic E-state index is 0.0388. The lowest BCUT2D eigenvalue weighted by molar-refractivity contribution is -0.189. The number of carbonyl (C=O) groups excluding carboxylic acids is 4. The monoisotopic (exact) mass is 594 g/mol. The van der Waals surface area contributed by atoms with Gasteiger partial charge in [-0.2, -0.15) is 0 Å². The number of rotatable bonds is 2. The number of allylic oxidation sites excluding steroid dienone is 1. The third-order valence-electron chi connectivity index (χ3n) is 9.55. The van der Waals surface area contributed by atoms with Crippen molar-refractivity contribution in [3.05, 3.63) is 47.3 Å². The van der Waals surface area contributed by atoms with Crippen LogP contribution in [0.15, 0.2) is 35.3 Å². The molecular formula is C31H35FN4O7. The fraction of sp³-hybridized carbons (Fsp3) is 0.581. The van der Waals surface area contributed by atoms with Crippen molar-refractivity contribution in [1.82, 2.24) is 14.7 Å². The second-order valence-corrected chi connectivity index (χ2v) is 12.8. The number of aliphatic imine (C=N–C) groups is 1. The third kappa shape index (κ3) is 4.65. The van der Waals surface area contributed by atoms with Gasteiger partial charge in [-0.15, -0.1) is 0 Å². The van der Waals surface area contributed by atoms with Crippen LogP contribution < -0.4 is 0 Å². The highest BCUT2D eigenvalue weighted by Gasteiger charge is 2.65. The number of hydrogen-bond acceptors (Lipinski definition) is 8. The number of ether oxygens (including phenoxy) is 3. The molecule has 1 aliphatic carbocycles. The third-order valence-corrected chi connectivity index (χ3v) is 9.55. The average Bonchev–Trinajstić information content (AvgIpc) is 3.25. The summed E-state index contributed by atoms with van der Waals surface area (Å²) in [6.07, 6.45) is 6.75. The van der Waals surface area contributed by atoms with E-state index in [0.29, 0.717) is 18.4 Å². The smallest absolute Gasteiger partial charge is 0.415 e. The summed E-state index contributed by atoms with van der Waals surface area (Å²) >= 11 is 0. The molecule has 7 rings (SSSR count). The first-order valence-electron chi connectivity index (χ1n) is 15.1. The van der Waals surface area contributed by atoms with Gasteiger partial charge in [-0.25, -0.2) is 23.8 Å². The van der Waals surface area contributed by atoms with E-state index in [0.717, 1.165) is 31.2 Å². The maximum atomic E-state index is 14.3. The Hall–Kier alpha value is -3.96. The quantitative estimate of drug-likeness (QED) is 0.288. The number of halogens is 1. The van der Waals surface area contributed by atoms with Crippen molar-refractivity contribution in [2.45, 2.75) is 101 Å². The van der Waals surface area contributed by atoms with Crippen molar-refractivity contribution < 1.29 is 37.8 Å². The van der Waals surface area contributed by atoms with Gasteiger partial charge in [0.25, 0.3) is 0 Å². The highest BCUT2D eigenvalue weighted by Crippen LogP contribution is 2.52. The summed E-state index contributed by atoms with van der Waals surface area (Å²) in [6.45, 7) is 3.84. The molecule has 1 spiro atoms. The lowest BCUT2D eigenvalue weighted by atomic mass is 10.0. The molecule has 43 heavy (non-hydrogen) atoms. The topological polar surface area (TPSA) is 118 Å². The Morgan fingerprint density at radius 2 is 1.95 bits per heavy atom. The molecule has 5 heterocycles. The normalized spacial score (nSPS) is 33.6. The lowest BCUT2D eigenvalue weighted by Crippen LogP contribution is -2.68. The number of fused-ring (bicyclic) bond motifs is 3. The Bertz CT molecular complexity index is 1460. The minimum atomic E-state index is -0.969. The molecule has 3 amide bonds. The molecule has 2 bridgehead atoms. The predicted octanol–water partition coefficient (Wildman–Crippen LogP) is 4.04. The van der Waals surface area contributed by atoms with Gasteiger partial charge >= 0.3 is 18.2 Å². The molecule has 1 aromatic rings.